The Balaban J connectivity index is 2.19. The number of hydrogen-bond donors (Lipinski definition) is 2. The minimum atomic E-state index is -1.75. The first kappa shape index (κ1) is 20.6. The quantitative estimate of drug-likeness (QED) is 0.564. The van der Waals surface area contributed by atoms with Gasteiger partial charge in [-0.05, 0) is 0 Å². The van der Waals surface area contributed by atoms with Crippen molar-refractivity contribution in [3.8, 4) is 0 Å². The van der Waals surface area contributed by atoms with Gasteiger partial charge < -0.3 is 0 Å². The number of hydrogen-bond acceptors (Lipinski definition) is 3. The third-order valence-corrected chi connectivity index (χ3v) is 16.2. The molecule has 1 saturated heterocycles. The van der Waals surface area contributed by atoms with Gasteiger partial charge in [0.05, 0.1) is 0 Å². The van der Waals surface area contributed by atoms with Crippen LogP contribution in [0.2, 0.25) is 9.91 Å². The van der Waals surface area contributed by atoms with E-state index in [4.69, 9.17) is 5.73 Å². The van der Waals surface area contributed by atoms with Crippen molar-refractivity contribution in [1.82, 2.24) is 5.32 Å². The molecule has 1 aliphatic rings. The molecule has 0 radical (unpaired) electrons. The number of rotatable bonds is 8. The SMILES string of the molecule is CCCC[As](C(=O)[AsH]c1cc(C(N)=O)c(F)cc1F)C1CCNCC1. The molecular weight excluding hydrogens is 452 g/mol. The Kier molecular flexibility index (Phi) is 8.12. The first-order chi connectivity index (χ1) is 11.9. The third kappa shape index (κ3) is 5.64. The van der Waals surface area contributed by atoms with E-state index in [1.54, 1.807) is 0 Å². The molecule has 1 aliphatic heterocycles. The monoisotopic (exact) mass is 476 g/mol. The fourth-order valence-corrected chi connectivity index (χ4v) is 15.8. The molecule has 2 unspecified atom stereocenters. The first-order valence-electron chi connectivity index (χ1n) is 8.51. The van der Waals surface area contributed by atoms with Crippen LogP contribution in [0.25, 0.3) is 0 Å². The second-order valence-corrected chi connectivity index (χ2v) is 15.9. The van der Waals surface area contributed by atoms with Crippen LogP contribution >= 0.6 is 0 Å². The second kappa shape index (κ2) is 9.85. The van der Waals surface area contributed by atoms with Gasteiger partial charge in [0.25, 0.3) is 0 Å². The van der Waals surface area contributed by atoms with Gasteiger partial charge in [0.15, 0.2) is 0 Å². The van der Waals surface area contributed by atoms with Crippen LogP contribution in [0.1, 0.15) is 43.0 Å². The summed E-state index contributed by atoms with van der Waals surface area (Å²) >= 11 is -3.15. The van der Waals surface area contributed by atoms with Crippen molar-refractivity contribution in [2.45, 2.75) is 42.5 Å². The zero-order chi connectivity index (χ0) is 18.4. The van der Waals surface area contributed by atoms with Gasteiger partial charge in [-0.15, -0.1) is 0 Å². The summed E-state index contributed by atoms with van der Waals surface area (Å²) in [6.07, 6.45) is 4.10. The van der Waals surface area contributed by atoms with Crippen LogP contribution in [-0.2, 0) is 0 Å². The maximum absolute atomic E-state index is 14.1. The number of amides is 1. The Morgan fingerprint density at radius 3 is 2.56 bits per heavy atom. The van der Waals surface area contributed by atoms with Gasteiger partial charge in [0, 0.05) is 0 Å². The standard InChI is InChI=1S/C17H24As2F2N2O2/c1-2-3-6-19(11-4-7-23-8-5-11)17(25)18-13-9-12(16(22)24)14(20)10-15(13)21/h9-11,18,23H,2-8H2,1H3,(H2,22,24). The molecule has 0 aliphatic carbocycles. The molecule has 1 aromatic rings. The van der Waals surface area contributed by atoms with E-state index < -0.39 is 47.9 Å². The molecule has 1 amide bonds. The van der Waals surface area contributed by atoms with Crippen LogP contribution < -0.4 is 15.4 Å². The molecule has 0 bridgehead atoms. The predicted octanol–water partition coefficient (Wildman–Crippen LogP) is 1.88. The molecule has 0 spiro atoms. The first-order valence-corrected chi connectivity index (χ1v) is 14.0. The van der Waals surface area contributed by atoms with Crippen molar-refractivity contribution in [1.29, 1.82) is 0 Å². The van der Waals surface area contributed by atoms with Gasteiger partial charge in [0.2, 0.25) is 0 Å². The fourth-order valence-electron chi connectivity index (χ4n) is 2.92. The van der Waals surface area contributed by atoms with E-state index in [1.165, 1.54) is 0 Å². The van der Waals surface area contributed by atoms with E-state index in [0.717, 1.165) is 50.0 Å². The van der Waals surface area contributed by atoms with Crippen molar-refractivity contribution in [2.24, 2.45) is 5.73 Å². The normalized spacial score (nSPS) is 17.1. The number of halogens is 2. The van der Waals surface area contributed by atoms with Gasteiger partial charge in [-0.25, -0.2) is 0 Å². The molecular formula is C17H24As2F2N2O2. The summed E-state index contributed by atoms with van der Waals surface area (Å²) in [4.78, 5) is 24.2. The van der Waals surface area contributed by atoms with E-state index in [0.29, 0.717) is 10.8 Å². The van der Waals surface area contributed by atoms with E-state index in [-0.39, 0.29) is 13.3 Å². The molecule has 2 rings (SSSR count). The molecule has 2 atom stereocenters. The number of primary amides is 1. The van der Waals surface area contributed by atoms with Crippen LogP contribution in [0.5, 0.6) is 0 Å². The molecule has 1 aromatic carbocycles. The van der Waals surface area contributed by atoms with Crippen LogP contribution in [0, 0.1) is 11.6 Å². The number of unbranched alkanes of at least 4 members (excludes halogenated alkanes) is 1. The van der Waals surface area contributed by atoms with Crippen molar-refractivity contribution in [3.63, 3.8) is 0 Å². The average molecular weight is 476 g/mol. The van der Waals surface area contributed by atoms with Crippen LogP contribution in [0.4, 0.5) is 13.6 Å². The van der Waals surface area contributed by atoms with Crippen LogP contribution in [0.15, 0.2) is 12.1 Å². The number of piperidine rings is 1. The van der Waals surface area contributed by atoms with Gasteiger partial charge >= 0.3 is 158 Å². The summed E-state index contributed by atoms with van der Waals surface area (Å²) in [6.45, 7) is 3.98. The summed E-state index contributed by atoms with van der Waals surface area (Å²) in [5.41, 5.74) is 4.81. The van der Waals surface area contributed by atoms with E-state index in [9.17, 15) is 18.4 Å². The fraction of sp³-hybridized carbons (Fsp3) is 0.529. The number of carbonyl (C=O) groups is 2. The van der Waals surface area contributed by atoms with Crippen molar-refractivity contribution in [3.05, 3.63) is 29.3 Å². The number of benzene rings is 1. The Morgan fingerprint density at radius 2 is 1.96 bits per heavy atom. The average Bonchev–Trinajstić information content (AvgIpc) is 2.58. The molecule has 138 valence electrons. The topological polar surface area (TPSA) is 72.2 Å². The molecule has 8 heteroatoms. The van der Waals surface area contributed by atoms with E-state index >= 15 is 0 Å². The zero-order valence-electron chi connectivity index (χ0n) is 14.3. The van der Waals surface area contributed by atoms with Crippen molar-refractivity contribution in [2.75, 3.05) is 13.1 Å². The number of nitrogens with two attached hydrogens (primary N) is 1. The summed E-state index contributed by atoms with van der Waals surface area (Å²) in [7, 11) is 0. The molecule has 1 heterocycles. The molecule has 3 N–H and O–H groups in total. The minimum absolute atomic E-state index is 0.199. The Hall–Kier alpha value is -0.703. The molecule has 25 heavy (non-hydrogen) atoms. The summed E-state index contributed by atoms with van der Waals surface area (Å²) in [5, 5.41) is 4.28. The molecule has 0 saturated carbocycles. The molecule has 4 nitrogen and oxygen atoms in total. The van der Waals surface area contributed by atoms with Gasteiger partial charge in [-0.2, -0.15) is 0 Å². The maximum atomic E-state index is 14.1. The second-order valence-electron chi connectivity index (χ2n) is 6.13. The zero-order valence-corrected chi connectivity index (χ0v) is 18.3. The van der Waals surface area contributed by atoms with Crippen molar-refractivity contribution >= 4 is 44.0 Å². The van der Waals surface area contributed by atoms with Gasteiger partial charge in [-0.3, -0.25) is 0 Å². The van der Waals surface area contributed by atoms with E-state index in [2.05, 4.69) is 12.2 Å². The Bertz CT molecular complexity index is 637. The van der Waals surface area contributed by atoms with Crippen LogP contribution in [0.3, 0.4) is 0 Å². The Morgan fingerprint density at radius 1 is 1.28 bits per heavy atom. The van der Waals surface area contributed by atoms with E-state index in [1.807, 2.05) is 0 Å². The number of nitrogens with one attached hydrogen (secondary N) is 1. The molecule has 1 fully saturated rings. The number of carbonyl (C=O) groups excluding carboxylic acids is 2. The van der Waals surface area contributed by atoms with Crippen molar-refractivity contribution < 1.29 is 18.4 Å². The van der Waals surface area contributed by atoms with Gasteiger partial charge in [0.1, 0.15) is 0 Å². The predicted molar refractivity (Wildman–Crippen MR) is 98.4 cm³/mol. The van der Waals surface area contributed by atoms with Gasteiger partial charge in [-0.1, -0.05) is 0 Å². The summed E-state index contributed by atoms with van der Waals surface area (Å²) < 4.78 is 28.6. The summed E-state index contributed by atoms with van der Waals surface area (Å²) in [6, 6.07) is 1.83. The van der Waals surface area contributed by atoms with Crippen LogP contribution in [-0.4, -0.2) is 52.8 Å². The Labute approximate surface area is 158 Å². The third-order valence-electron chi connectivity index (χ3n) is 4.33. The summed E-state index contributed by atoms with van der Waals surface area (Å²) in [5.74, 6) is -2.63. The molecule has 0 aromatic heterocycles.